The Labute approximate surface area is 162 Å². The fourth-order valence-electron chi connectivity index (χ4n) is 4.35. The molecule has 3 heterocycles. The zero-order chi connectivity index (χ0) is 17.7. The van der Waals surface area contributed by atoms with Crippen LogP contribution < -0.4 is 15.1 Å². The predicted molar refractivity (Wildman–Crippen MR) is 105 cm³/mol. The van der Waals surface area contributed by atoms with Crippen molar-refractivity contribution in [3.63, 3.8) is 0 Å². The molecule has 1 spiro atoms. The molecule has 134 valence electrons. The summed E-state index contributed by atoms with van der Waals surface area (Å²) >= 11 is 3.59. The van der Waals surface area contributed by atoms with Crippen molar-refractivity contribution in [1.82, 2.24) is 10.4 Å². The number of hydrogen-bond donors (Lipinski definition) is 2. The molecule has 0 bridgehead atoms. The van der Waals surface area contributed by atoms with Crippen LogP contribution in [0.3, 0.4) is 0 Å². The number of rotatable bonds is 1. The number of benzene rings is 2. The van der Waals surface area contributed by atoms with Gasteiger partial charge in [0, 0.05) is 10.0 Å². The number of hydrazine groups is 1. The average Bonchev–Trinajstić information content (AvgIpc) is 3.11. The minimum absolute atomic E-state index is 0.201. The van der Waals surface area contributed by atoms with Crippen LogP contribution in [0.15, 0.2) is 59.1 Å². The minimum atomic E-state index is -0.275. The normalized spacial score (nSPS) is 30.2. The first kappa shape index (κ1) is 16.4. The predicted octanol–water partition coefficient (Wildman–Crippen LogP) is 2.75. The smallest absolute Gasteiger partial charge is 0.191 e. The van der Waals surface area contributed by atoms with Gasteiger partial charge in [0.1, 0.15) is 5.75 Å². The number of hydrogen-bond acceptors (Lipinski definition) is 3. The van der Waals surface area contributed by atoms with E-state index in [1.807, 2.05) is 0 Å². The van der Waals surface area contributed by atoms with Gasteiger partial charge in [0.25, 0.3) is 0 Å². The number of likely N-dealkylation sites (tertiary alicyclic amines) is 1. The van der Waals surface area contributed by atoms with Gasteiger partial charge in [0.05, 0.1) is 44.7 Å². The first-order valence-corrected chi connectivity index (χ1v) is 10.1. The van der Waals surface area contributed by atoms with E-state index in [-0.39, 0.29) is 11.8 Å². The van der Waals surface area contributed by atoms with Crippen LogP contribution in [0.5, 0.6) is 5.75 Å². The number of fused-ring (bicyclic) bond motifs is 4. The van der Waals surface area contributed by atoms with Crippen molar-refractivity contribution in [2.75, 3.05) is 20.1 Å². The van der Waals surface area contributed by atoms with Gasteiger partial charge in [0.2, 0.25) is 0 Å². The second-order valence-corrected chi connectivity index (χ2v) is 8.48. The highest BCUT2D eigenvalue weighted by molar-refractivity contribution is 9.10. The lowest BCUT2D eigenvalue weighted by Gasteiger charge is -2.50. The summed E-state index contributed by atoms with van der Waals surface area (Å²) in [4.78, 5) is 1.58. The van der Waals surface area contributed by atoms with E-state index in [9.17, 15) is 0 Å². The lowest BCUT2D eigenvalue weighted by molar-refractivity contribution is -0.888. The van der Waals surface area contributed by atoms with Crippen molar-refractivity contribution in [2.24, 2.45) is 0 Å². The lowest BCUT2D eigenvalue weighted by Crippen LogP contribution is -3.11. The Morgan fingerprint density at radius 2 is 1.96 bits per heavy atom. The summed E-state index contributed by atoms with van der Waals surface area (Å²) in [5, 5.41) is 2.36. The van der Waals surface area contributed by atoms with Crippen LogP contribution in [0.25, 0.3) is 5.70 Å². The van der Waals surface area contributed by atoms with E-state index >= 15 is 0 Å². The van der Waals surface area contributed by atoms with Crippen LogP contribution in [-0.2, 0) is 0 Å². The molecule has 2 aromatic carbocycles. The summed E-state index contributed by atoms with van der Waals surface area (Å²) in [5.41, 5.74) is 7.00. The van der Waals surface area contributed by atoms with Crippen molar-refractivity contribution >= 4 is 21.6 Å². The van der Waals surface area contributed by atoms with Crippen molar-refractivity contribution in [1.29, 1.82) is 0 Å². The van der Waals surface area contributed by atoms with Crippen LogP contribution in [0.4, 0.5) is 0 Å². The van der Waals surface area contributed by atoms with Crippen molar-refractivity contribution in [2.45, 2.75) is 24.6 Å². The maximum Gasteiger partial charge on any atom is 0.191 e. The Bertz CT molecular complexity index is 873. The van der Waals surface area contributed by atoms with Gasteiger partial charge in [-0.3, -0.25) is 0 Å². The molecular formula is C21H23BrN3O+. The number of nitrogens with one attached hydrogen (secondary N) is 2. The van der Waals surface area contributed by atoms with Crippen molar-refractivity contribution < 1.29 is 9.64 Å². The number of para-hydroxylation sites is 1. The van der Waals surface area contributed by atoms with Gasteiger partial charge in [-0.15, -0.1) is 0 Å². The Balaban J connectivity index is 1.58. The van der Waals surface area contributed by atoms with Gasteiger partial charge in [-0.25, -0.2) is 0 Å². The molecule has 4 nitrogen and oxygen atoms in total. The summed E-state index contributed by atoms with van der Waals surface area (Å²) in [6.45, 7) is 2.25. The third-order valence-electron chi connectivity index (χ3n) is 5.84. The molecule has 0 amide bonds. The summed E-state index contributed by atoms with van der Waals surface area (Å²) in [7, 11) is 2.27. The van der Waals surface area contributed by atoms with E-state index in [1.54, 1.807) is 4.90 Å². The molecule has 26 heavy (non-hydrogen) atoms. The first-order valence-electron chi connectivity index (χ1n) is 9.28. The highest BCUT2D eigenvalue weighted by Gasteiger charge is 2.52. The molecule has 0 aliphatic carbocycles. The topological polar surface area (TPSA) is 28.9 Å². The SMILES string of the molecule is C[NH+]1CCC2(CC1)Oc1ccccc1[C@H]1C=C(c3cccc(Br)c3)NN12. The Kier molecular flexibility index (Phi) is 3.85. The van der Waals surface area contributed by atoms with Gasteiger partial charge in [0.15, 0.2) is 5.72 Å². The molecule has 1 fully saturated rings. The van der Waals surface area contributed by atoms with Crippen LogP contribution in [0.2, 0.25) is 0 Å². The molecular weight excluding hydrogens is 390 g/mol. The fourth-order valence-corrected chi connectivity index (χ4v) is 4.75. The Morgan fingerprint density at radius 3 is 2.77 bits per heavy atom. The van der Waals surface area contributed by atoms with Gasteiger partial charge in [-0.2, -0.15) is 5.01 Å². The van der Waals surface area contributed by atoms with Crippen LogP contribution >= 0.6 is 15.9 Å². The molecule has 1 atom stereocenters. The molecule has 3 aliphatic rings. The summed E-state index contributed by atoms with van der Waals surface area (Å²) < 4.78 is 7.73. The molecule has 0 unspecified atom stereocenters. The third-order valence-corrected chi connectivity index (χ3v) is 6.33. The van der Waals surface area contributed by atoms with Crippen LogP contribution in [0, 0.1) is 0 Å². The van der Waals surface area contributed by atoms with E-state index in [4.69, 9.17) is 4.74 Å². The molecule has 0 saturated carbocycles. The number of piperidine rings is 1. The second-order valence-electron chi connectivity index (χ2n) is 7.56. The van der Waals surface area contributed by atoms with Gasteiger partial charge in [-0.1, -0.05) is 46.3 Å². The lowest BCUT2D eigenvalue weighted by atomic mass is 9.93. The number of ether oxygens (including phenoxy) is 1. The largest absolute Gasteiger partial charge is 0.470 e. The molecule has 2 N–H and O–H groups in total. The summed E-state index contributed by atoms with van der Waals surface area (Å²) in [6, 6.07) is 17.1. The maximum atomic E-state index is 6.64. The quantitative estimate of drug-likeness (QED) is 0.754. The molecule has 0 radical (unpaired) electrons. The molecule has 0 aromatic heterocycles. The van der Waals surface area contributed by atoms with E-state index in [0.717, 1.165) is 41.9 Å². The zero-order valence-electron chi connectivity index (χ0n) is 14.8. The molecule has 3 aliphatic heterocycles. The van der Waals surface area contributed by atoms with E-state index in [2.05, 4.69) is 88.0 Å². The zero-order valence-corrected chi connectivity index (χ0v) is 16.4. The molecule has 1 saturated heterocycles. The van der Waals surface area contributed by atoms with Gasteiger partial charge < -0.3 is 15.1 Å². The number of halogens is 1. The molecule has 5 heteroatoms. The minimum Gasteiger partial charge on any atom is -0.470 e. The van der Waals surface area contributed by atoms with E-state index in [1.165, 1.54) is 11.1 Å². The maximum absolute atomic E-state index is 6.64. The molecule has 2 aromatic rings. The van der Waals surface area contributed by atoms with Crippen LogP contribution in [0.1, 0.15) is 30.0 Å². The Morgan fingerprint density at radius 1 is 1.15 bits per heavy atom. The fraction of sp³-hybridized carbons (Fsp3) is 0.333. The second kappa shape index (κ2) is 6.12. The average molecular weight is 413 g/mol. The van der Waals surface area contributed by atoms with Crippen LogP contribution in [-0.4, -0.2) is 30.9 Å². The van der Waals surface area contributed by atoms with E-state index in [0.29, 0.717) is 0 Å². The third kappa shape index (κ3) is 2.57. The highest BCUT2D eigenvalue weighted by Crippen LogP contribution is 2.47. The van der Waals surface area contributed by atoms with Gasteiger partial charge in [-0.05, 0) is 29.8 Å². The molecule has 5 rings (SSSR count). The summed E-state index contributed by atoms with van der Waals surface area (Å²) in [6.07, 6.45) is 4.39. The number of nitrogens with zero attached hydrogens (tertiary/aromatic N) is 1. The number of quaternary nitrogens is 1. The standard InChI is InChI=1S/C21H22BrN3O/c1-24-11-9-21(10-12-24)25-19(17-7-2-3-8-20(17)26-21)14-18(23-25)15-5-4-6-16(22)13-15/h2-8,13-14,19,23H,9-12H2,1H3/p+1/t19-/m1/s1. The van der Waals surface area contributed by atoms with Gasteiger partial charge >= 0.3 is 0 Å². The van der Waals surface area contributed by atoms with Crippen molar-refractivity contribution in [3.8, 4) is 5.75 Å². The monoisotopic (exact) mass is 412 g/mol. The summed E-state index contributed by atoms with van der Waals surface area (Å²) in [5.74, 6) is 1.03. The first-order chi connectivity index (χ1) is 12.6. The Hall–Kier alpha value is -1.82. The van der Waals surface area contributed by atoms with Crippen molar-refractivity contribution in [3.05, 3.63) is 70.2 Å². The highest BCUT2D eigenvalue weighted by atomic mass is 79.9. The van der Waals surface area contributed by atoms with E-state index < -0.39 is 0 Å².